The number of allylic oxidation sites excluding steroid dienone is 4. The first-order chi connectivity index (χ1) is 23.1. The van der Waals surface area contributed by atoms with Crippen molar-refractivity contribution in [1.82, 2.24) is 10.7 Å². The molecule has 0 saturated heterocycles. The maximum Gasteiger partial charge on any atom is 0.513 e. The van der Waals surface area contributed by atoms with Gasteiger partial charge in [-0.05, 0) is 80.2 Å². The third kappa shape index (κ3) is 6.96. The van der Waals surface area contributed by atoms with Crippen LogP contribution in [-0.4, -0.2) is 86.8 Å². The molecule has 1 amide bonds. The smallest absolute Gasteiger partial charge is 0.480 e. The molecule has 5 rings (SSSR count). The van der Waals surface area contributed by atoms with E-state index in [4.69, 9.17) is 24.6 Å². The van der Waals surface area contributed by atoms with Crippen LogP contribution in [0.15, 0.2) is 48.1 Å². The number of hydrogen-bond acceptors (Lipinski definition) is 13. The monoisotopic (exact) mass is 690 g/mol. The predicted molar refractivity (Wildman–Crippen MR) is 161 cm³/mol. The fourth-order valence-electron chi connectivity index (χ4n) is 8.44. The second-order valence-corrected chi connectivity index (χ2v) is 13.4. The lowest BCUT2D eigenvalue weighted by Crippen LogP contribution is -2.66. The van der Waals surface area contributed by atoms with E-state index >= 15 is 4.39 Å². The zero-order chi connectivity index (χ0) is 35.7. The average Bonchev–Trinajstić information content (AvgIpc) is 3.38. The molecule has 1 aromatic rings. The molecule has 49 heavy (non-hydrogen) atoms. The minimum Gasteiger partial charge on any atom is -0.480 e. The van der Waals surface area contributed by atoms with Gasteiger partial charge in [0.25, 0.3) is 0 Å². The minimum atomic E-state index is -2.03. The van der Waals surface area contributed by atoms with Gasteiger partial charge in [-0.2, -0.15) is 0 Å². The SMILES string of the molecule is C[C@]12C[C@H](O)C3(F)[C@@H](CCC4=CC(=O)C=C[C@@]43C)C1CCC2C(=O)COC(=O)NC(COC(=O)Oc1cccc(CON(O)O)c1)C(=O)O. The number of fused-ring (bicyclic) bond motifs is 5. The highest BCUT2D eigenvalue weighted by Crippen LogP contribution is 2.68. The third-order valence-corrected chi connectivity index (χ3v) is 10.8. The number of alkyl halides is 1. The summed E-state index contributed by atoms with van der Waals surface area (Å²) in [6.07, 6.45) is 2.21. The number of alkyl carbamates (subject to hydrolysis) is 1. The van der Waals surface area contributed by atoms with E-state index in [0.29, 0.717) is 36.8 Å². The van der Waals surface area contributed by atoms with Crippen LogP contribution in [0.4, 0.5) is 14.0 Å². The molecule has 1 aromatic carbocycles. The van der Waals surface area contributed by atoms with Gasteiger partial charge in [0, 0.05) is 17.3 Å². The maximum atomic E-state index is 17.2. The molecule has 0 aromatic heterocycles. The Labute approximate surface area is 280 Å². The fraction of sp³-hybridized carbons (Fsp3) is 0.545. The Kier molecular flexibility index (Phi) is 10.3. The lowest BCUT2D eigenvalue weighted by atomic mass is 9.45. The minimum absolute atomic E-state index is 0.00551. The Morgan fingerprint density at radius 1 is 1.10 bits per heavy atom. The molecule has 0 spiro atoms. The van der Waals surface area contributed by atoms with Crippen molar-refractivity contribution < 1.29 is 68.0 Å². The molecule has 16 heteroatoms. The highest BCUT2D eigenvalue weighted by Gasteiger charge is 2.70. The standard InChI is InChI=1S/C33H39FN2O13/c1-31-14-27(39)33(34)23(7-6-19-13-20(37)10-11-32(19,33)2)22(31)8-9-24(31)26(38)17-46-29(42)35-25(28(40)41)16-47-30(43)49-21-5-3-4-18(12-21)15-48-36(44)45/h3-5,10-13,22-25,27,39,44-45H,6-9,14-17H2,1-2H3,(H,35,42)(H,40,41)/t22?,23-,24?,25?,27-,31-,32-,33?/m0/s1. The Morgan fingerprint density at radius 3 is 2.57 bits per heavy atom. The van der Waals surface area contributed by atoms with E-state index in [9.17, 15) is 34.2 Å². The number of aliphatic hydroxyl groups is 1. The van der Waals surface area contributed by atoms with Crippen molar-refractivity contribution in [3.63, 3.8) is 0 Å². The van der Waals surface area contributed by atoms with E-state index in [-0.39, 0.29) is 30.5 Å². The van der Waals surface area contributed by atoms with Gasteiger partial charge < -0.3 is 29.7 Å². The number of carboxylic acids is 1. The van der Waals surface area contributed by atoms with Gasteiger partial charge in [0.05, 0.1) is 18.1 Å². The van der Waals surface area contributed by atoms with E-state index in [1.165, 1.54) is 36.4 Å². The highest BCUT2D eigenvalue weighted by molar-refractivity contribution is 6.01. The van der Waals surface area contributed by atoms with Crippen molar-refractivity contribution >= 4 is 29.8 Å². The van der Waals surface area contributed by atoms with Gasteiger partial charge in [-0.3, -0.25) is 20.0 Å². The van der Waals surface area contributed by atoms with Gasteiger partial charge >= 0.3 is 18.2 Å². The summed E-state index contributed by atoms with van der Waals surface area (Å²) in [4.78, 5) is 66.3. The van der Waals surface area contributed by atoms with Crippen molar-refractivity contribution in [3.05, 3.63) is 53.6 Å². The zero-order valence-corrected chi connectivity index (χ0v) is 26.9. The van der Waals surface area contributed by atoms with Crippen LogP contribution < -0.4 is 10.1 Å². The summed E-state index contributed by atoms with van der Waals surface area (Å²) in [5, 5.41) is 39.7. The molecule has 4 aliphatic carbocycles. The quantitative estimate of drug-likeness (QED) is 0.128. The van der Waals surface area contributed by atoms with Crippen LogP contribution >= 0.6 is 0 Å². The molecular weight excluding hydrogens is 651 g/mol. The largest absolute Gasteiger partial charge is 0.513 e. The molecule has 3 saturated carbocycles. The summed E-state index contributed by atoms with van der Waals surface area (Å²) in [7, 11) is 0. The number of halogens is 1. The van der Waals surface area contributed by atoms with Crippen LogP contribution in [0.3, 0.4) is 0 Å². The number of carbonyl (C=O) groups excluding carboxylic acids is 4. The number of Topliss-reactive ketones (excluding diaryl/α,β-unsaturated/α-hetero) is 1. The Hall–Kier alpha value is -4.22. The summed E-state index contributed by atoms with van der Waals surface area (Å²) in [6, 6.07) is 3.93. The number of hydrogen-bond donors (Lipinski definition) is 5. The molecule has 4 aliphatic rings. The number of amides is 1. The molecule has 15 nitrogen and oxygen atoms in total. The molecule has 4 unspecified atom stereocenters. The van der Waals surface area contributed by atoms with Crippen LogP contribution in [0.5, 0.6) is 5.75 Å². The van der Waals surface area contributed by atoms with E-state index in [0.717, 1.165) is 0 Å². The van der Waals surface area contributed by atoms with Crippen molar-refractivity contribution in [2.45, 2.75) is 70.4 Å². The first-order valence-electron chi connectivity index (χ1n) is 15.8. The van der Waals surface area contributed by atoms with Crippen LogP contribution in [-0.2, 0) is 35.3 Å². The zero-order valence-electron chi connectivity index (χ0n) is 26.9. The molecule has 0 heterocycles. The van der Waals surface area contributed by atoms with Crippen LogP contribution in [0.25, 0.3) is 0 Å². The number of aliphatic hydroxyl groups excluding tert-OH is 1. The molecule has 0 bridgehead atoms. The normalized spacial score (nSPS) is 32.2. The molecule has 8 atom stereocenters. The Balaban J connectivity index is 1.14. The summed E-state index contributed by atoms with van der Waals surface area (Å²) in [5.74, 6) is -3.72. The number of nitrogens with zero attached hydrogens (tertiary/aromatic N) is 1. The van der Waals surface area contributed by atoms with Crippen molar-refractivity contribution in [2.75, 3.05) is 13.2 Å². The molecule has 266 valence electrons. The Morgan fingerprint density at radius 2 is 1.86 bits per heavy atom. The molecule has 0 aliphatic heterocycles. The number of ketones is 2. The first-order valence-corrected chi connectivity index (χ1v) is 15.8. The summed E-state index contributed by atoms with van der Waals surface area (Å²) in [5.41, 5.74) is -2.93. The number of carboxylic acid groups (broad SMARTS) is 1. The Bertz CT molecular complexity index is 1560. The summed E-state index contributed by atoms with van der Waals surface area (Å²) >= 11 is 0. The van der Waals surface area contributed by atoms with E-state index in [2.05, 4.69) is 4.84 Å². The van der Waals surface area contributed by atoms with Gasteiger partial charge in [-0.1, -0.05) is 30.7 Å². The predicted octanol–water partition coefficient (Wildman–Crippen LogP) is 3.45. The topological polar surface area (TPSA) is 218 Å². The van der Waals surface area contributed by atoms with Crippen LogP contribution in [0, 0.1) is 28.6 Å². The van der Waals surface area contributed by atoms with E-state index < -0.39 is 83.1 Å². The molecule has 0 radical (unpaired) electrons. The van der Waals surface area contributed by atoms with E-state index in [1.807, 2.05) is 12.2 Å². The van der Waals surface area contributed by atoms with Crippen LogP contribution in [0.1, 0.15) is 51.5 Å². The van der Waals surface area contributed by atoms with Crippen LogP contribution in [0.2, 0.25) is 0 Å². The maximum absolute atomic E-state index is 17.2. The number of aliphatic carboxylic acids is 1. The number of rotatable bonds is 11. The summed E-state index contributed by atoms with van der Waals surface area (Å²) < 4.78 is 32.0. The third-order valence-electron chi connectivity index (χ3n) is 10.8. The number of nitrogens with one attached hydrogen (secondary N) is 1. The first kappa shape index (κ1) is 36.1. The van der Waals surface area contributed by atoms with Crippen molar-refractivity contribution in [3.8, 4) is 5.75 Å². The number of ether oxygens (including phenoxy) is 3. The van der Waals surface area contributed by atoms with Gasteiger partial charge in [0.2, 0.25) is 0 Å². The van der Waals surface area contributed by atoms with Gasteiger partial charge in [0.1, 0.15) is 12.4 Å². The number of carbonyl (C=O) groups is 5. The lowest BCUT2D eigenvalue weighted by Gasteiger charge is -2.62. The lowest BCUT2D eigenvalue weighted by molar-refractivity contribution is -0.497. The van der Waals surface area contributed by atoms with Crippen molar-refractivity contribution in [2.24, 2.45) is 28.6 Å². The number of benzene rings is 1. The second kappa shape index (κ2) is 14.0. The van der Waals surface area contributed by atoms with Crippen molar-refractivity contribution in [1.29, 1.82) is 0 Å². The van der Waals surface area contributed by atoms with E-state index in [1.54, 1.807) is 13.0 Å². The fourth-order valence-corrected chi connectivity index (χ4v) is 8.44. The second-order valence-electron chi connectivity index (χ2n) is 13.4. The van der Waals surface area contributed by atoms with Gasteiger partial charge in [-0.25, -0.2) is 23.6 Å². The molecule has 3 fully saturated rings. The van der Waals surface area contributed by atoms with Gasteiger partial charge in [0.15, 0.2) is 29.9 Å². The highest BCUT2D eigenvalue weighted by atomic mass is 19.1. The average molecular weight is 691 g/mol. The summed E-state index contributed by atoms with van der Waals surface area (Å²) in [6.45, 7) is 1.73. The van der Waals surface area contributed by atoms with Gasteiger partial charge in [-0.15, -0.1) is 0 Å². The molecule has 5 N–H and O–H groups in total. The molecular formula is C33H39FN2O13.